The van der Waals surface area contributed by atoms with Crippen LogP contribution in [0.2, 0.25) is 0 Å². The molecular weight excluding hydrogens is 452 g/mol. The summed E-state index contributed by atoms with van der Waals surface area (Å²) in [5.74, 6) is 1.96. The molecular formula is C27H24O8. The number of esters is 1. The largest absolute Gasteiger partial charge is 0.496 e. The number of carbonyl (C=O) groups is 2. The summed E-state index contributed by atoms with van der Waals surface area (Å²) in [5.41, 5.74) is 2.38. The van der Waals surface area contributed by atoms with Crippen LogP contribution in [0.4, 0.5) is 0 Å². The molecule has 0 aromatic heterocycles. The third-order valence-electron chi connectivity index (χ3n) is 5.44. The Morgan fingerprint density at radius 1 is 0.857 bits per heavy atom. The zero-order chi connectivity index (χ0) is 24.9. The van der Waals surface area contributed by atoms with Crippen LogP contribution >= 0.6 is 0 Å². The maximum Gasteiger partial charge on any atom is 0.337 e. The van der Waals surface area contributed by atoms with Gasteiger partial charge in [0.1, 0.15) is 23.9 Å². The van der Waals surface area contributed by atoms with E-state index >= 15 is 0 Å². The second-order valence-electron chi connectivity index (χ2n) is 7.52. The highest BCUT2D eigenvalue weighted by Gasteiger charge is 2.28. The lowest BCUT2D eigenvalue weighted by atomic mass is 10.1. The van der Waals surface area contributed by atoms with Gasteiger partial charge in [-0.2, -0.15) is 0 Å². The molecule has 0 unspecified atom stereocenters. The maximum atomic E-state index is 12.9. The molecule has 0 spiro atoms. The van der Waals surface area contributed by atoms with Crippen molar-refractivity contribution in [3.63, 3.8) is 0 Å². The number of fused-ring (bicyclic) bond motifs is 1. The van der Waals surface area contributed by atoms with Crippen molar-refractivity contribution in [1.29, 1.82) is 0 Å². The minimum absolute atomic E-state index is 0.154. The van der Waals surface area contributed by atoms with Crippen LogP contribution < -0.4 is 23.7 Å². The first kappa shape index (κ1) is 23.7. The number of Topliss-reactive ketones (excluding diaryl/α,β-unsaturated/α-hetero) is 1. The van der Waals surface area contributed by atoms with E-state index in [2.05, 4.69) is 0 Å². The fourth-order valence-corrected chi connectivity index (χ4v) is 3.59. The molecule has 3 aromatic carbocycles. The molecule has 0 aliphatic carbocycles. The molecule has 0 radical (unpaired) electrons. The van der Waals surface area contributed by atoms with Crippen molar-refractivity contribution in [3.8, 4) is 28.7 Å². The third-order valence-corrected chi connectivity index (χ3v) is 5.44. The van der Waals surface area contributed by atoms with Crippen LogP contribution in [0.15, 0.2) is 60.4 Å². The minimum atomic E-state index is -0.396. The van der Waals surface area contributed by atoms with E-state index in [0.29, 0.717) is 45.4 Å². The van der Waals surface area contributed by atoms with E-state index in [-0.39, 0.29) is 18.1 Å². The highest BCUT2D eigenvalue weighted by molar-refractivity contribution is 6.14. The number of methoxy groups -OCH3 is 4. The van der Waals surface area contributed by atoms with Crippen molar-refractivity contribution in [1.82, 2.24) is 0 Å². The van der Waals surface area contributed by atoms with Gasteiger partial charge in [0.25, 0.3) is 0 Å². The summed E-state index contributed by atoms with van der Waals surface area (Å²) in [5, 5.41) is 0. The van der Waals surface area contributed by atoms with Crippen molar-refractivity contribution in [2.24, 2.45) is 0 Å². The van der Waals surface area contributed by atoms with Crippen molar-refractivity contribution >= 4 is 17.8 Å². The van der Waals surface area contributed by atoms with E-state index in [4.69, 9.17) is 28.4 Å². The molecule has 4 rings (SSSR count). The standard InChI is InChI=1S/C27H24O8/c1-30-21-14-24(32-3)23(31-2)11-18(21)12-25-26(28)20-10-9-19(13-22(20)35-25)34-15-16-5-7-17(8-6-16)27(29)33-4/h5-14H,15H2,1-4H3/b25-12-. The number of carbonyl (C=O) groups excluding carboxylic acids is 2. The highest BCUT2D eigenvalue weighted by Crippen LogP contribution is 2.39. The molecule has 1 aliphatic rings. The van der Waals surface area contributed by atoms with Crippen LogP contribution in [0.25, 0.3) is 6.08 Å². The number of hydrogen-bond acceptors (Lipinski definition) is 8. The Bertz CT molecular complexity index is 1290. The number of ketones is 1. The summed E-state index contributed by atoms with van der Waals surface area (Å²) < 4.78 is 32.5. The van der Waals surface area contributed by atoms with E-state index in [0.717, 1.165) is 5.56 Å². The first-order valence-electron chi connectivity index (χ1n) is 10.7. The molecule has 0 atom stereocenters. The second kappa shape index (κ2) is 10.2. The van der Waals surface area contributed by atoms with Gasteiger partial charge in [-0.05, 0) is 42.0 Å². The van der Waals surface area contributed by atoms with Gasteiger partial charge >= 0.3 is 5.97 Å². The van der Waals surface area contributed by atoms with Gasteiger partial charge in [0.15, 0.2) is 17.3 Å². The van der Waals surface area contributed by atoms with E-state index in [1.54, 1.807) is 60.7 Å². The van der Waals surface area contributed by atoms with Gasteiger partial charge in [-0.3, -0.25) is 4.79 Å². The molecule has 0 amide bonds. The smallest absolute Gasteiger partial charge is 0.337 e. The molecule has 3 aromatic rings. The molecule has 1 heterocycles. The van der Waals surface area contributed by atoms with Gasteiger partial charge in [0.05, 0.1) is 39.6 Å². The number of hydrogen-bond donors (Lipinski definition) is 0. The van der Waals surface area contributed by atoms with Gasteiger partial charge in [0.2, 0.25) is 5.78 Å². The van der Waals surface area contributed by atoms with Crippen LogP contribution in [0.3, 0.4) is 0 Å². The number of allylic oxidation sites excluding steroid dienone is 1. The highest BCUT2D eigenvalue weighted by atomic mass is 16.5. The fraction of sp³-hybridized carbons (Fsp3) is 0.185. The van der Waals surface area contributed by atoms with Crippen molar-refractivity contribution in [2.75, 3.05) is 28.4 Å². The van der Waals surface area contributed by atoms with Gasteiger partial charge in [-0.25, -0.2) is 4.79 Å². The van der Waals surface area contributed by atoms with Gasteiger partial charge in [-0.1, -0.05) is 12.1 Å². The molecule has 0 saturated heterocycles. The predicted octanol–water partition coefficient (Wildman–Crippen LogP) is 4.69. The van der Waals surface area contributed by atoms with Gasteiger partial charge in [-0.15, -0.1) is 0 Å². The van der Waals surface area contributed by atoms with E-state index in [1.807, 2.05) is 0 Å². The SMILES string of the molecule is COC(=O)c1ccc(COc2ccc3c(c2)O/C(=C\c2cc(OC)c(OC)cc2OC)C3=O)cc1. The predicted molar refractivity (Wildman–Crippen MR) is 128 cm³/mol. The lowest BCUT2D eigenvalue weighted by Crippen LogP contribution is -2.02. The van der Waals surface area contributed by atoms with E-state index in [9.17, 15) is 9.59 Å². The normalized spacial score (nSPS) is 13.1. The Balaban J connectivity index is 1.51. The van der Waals surface area contributed by atoms with Crippen LogP contribution in [0.5, 0.6) is 28.7 Å². The zero-order valence-electron chi connectivity index (χ0n) is 19.7. The summed E-state index contributed by atoms with van der Waals surface area (Å²) in [4.78, 5) is 24.5. The topological polar surface area (TPSA) is 89.5 Å². The molecule has 180 valence electrons. The van der Waals surface area contributed by atoms with Crippen LogP contribution in [0, 0.1) is 0 Å². The first-order chi connectivity index (χ1) is 17.0. The lowest BCUT2D eigenvalue weighted by molar-refractivity contribution is 0.0600. The summed E-state index contributed by atoms with van der Waals surface area (Å²) in [7, 11) is 5.93. The van der Waals surface area contributed by atoms with Crippen molar-refractivity contribution < 1.29 is 38.0 Å². The lowest BCUT2D eigenvalue weighted by Gasteiger charge is -2.12. The molecule has 1 aliphatic heterocycles. The van der Waals surface area contributed by atoms with E-state index in [1.165, 1.54) is 28.4 Å². The Morgan fingerprint density at radius 2 is 1.54 bits per heavy atom. The second-order valence-corrected chi connectivity index (χ2v) is 7.52. The molecule has 0 bridgehead atoms. The molecule has 35 heavy (non-hydrogen) atoms. The fourth-order valence-electron chi connectivity index (χ4n) is 3.59. The molecule has 0 N–H and O–H groups in total. The van der Waals surface area contributed by atoms with Crippen molar-refractivity contribution in [3.05, 3.63) is 82.6 Å². The van der Waals surface area contributed by atoms with E-state index < -0.39 is 5.97 Å². The summed E-state index contributed by atoms with van der Waals surface area (Å²) in [6, 6.07) is 15.4. The zero-order valence-corrected chi connectivity index (χ0v) is 19.7. The van der Waals surface area contributed by atoms with Crippen LogP contribution in [-0.4, -0.2) is 40.2 Å². The quantitative estimate of drug-likeness (QED) is 0.342. The summed E-state index contributed by atoms with van der Waals surface area (Å²) in [6.07, 6.45) is 1.60. The third kappa shape index (κ3) is 4.91. The molecule has 0 fully saturated rings. The van der Waals surface area contributed by atoms with Crippen LogP contribution in [0.1, 0.15) is 31.8 Å². The van der Waals surface area contributed by atoms with Crippen LogP contribution in [-0.2, 0) is 11.3 Å². The Morgan fingerprint density at radius 3 is 2.20 bits per heavy atom. The molecule has 8 nitrogen and oxygen atoms in total. The maximum absolute atomic E-state index is 12.9. The summed E-state index contributed by atoms with van der Waals surface area (Å²) in [6.45, 7) is 0.278. The number of ether oxygens (including phenoxy) is 6. The molecule has 8 heteroatoms. The Labute approximate surface area is 202 Å². The minimum Gasteiger partial charge on any atom is -0.496 e. The van der Waals surface area contributed by atoms with Crippen molar-refractivity contribution in [2.45, 2.75) is 6.61 Å². The van der Waals surface area contributed by atoms with Gasteiger partial charge < -0.3 is 28.4 Å². The monoisotopic (exact) mass is 476 g/mol. The molecule has 0 saturated carbocycles. The average molecular weight is 476 g/mol. The Hall–Kier alpha value is -4.46. The first-order valence-corrected chi connectivity index (χ1v) is 10.7. The average Bonchev–Trinajstić information content (AvgIpc) is 3.21. The van der Waals surface area contributed by atoms with Gasteiger partial charge in [0, 0.05) is 17.7 Å². The summed E-state index contributed by atoms with van der Waals surface area (Å²) >= 11 is 0. The number of benzene rings is 3. The number of rotatable bonds is 8. The Kier molecular flexibility index (Phi) is 6.91.